The molecule has 2 heterocycles. The molecule has 112 valence electrons. The maximum absolute atomic E-state index is 12.1. The van der Waals surface area contributed by atoms with Crippen molar-refractivity contribution >= 4 is 17.2 Å². The first kappa shape index (κ1) is 15.7. The first-order chi connectivity index (χ1) is 10.1. The Balaban J connectivity index is 1.87. The predicted octanol–water partition coefficient (Wildman–Crippen LogP) is 3.01. The topological polar surface area (TPSA) is 45.2 Å². The Hall–Kier alpha value is -1.72. The quantitative estimate of drug-likeness (QED) is 0.892. The molecule has 0 fully saturated rings. The molecule has 2 aromatic heterocycles. The van der Waals surface area contributed by atoms with E-state index in [1.807, 2.05) is 48.5 Å². The second kappa shape index (κ2) is 7.33. The van der Waals surface area contributed by atoms with E-state index in [0.717, 1.165) is 5.56 Å². The number of hydrogen-bond acceptors (Lipinski definition) is 4. The molecule has 5 heteroatoms. The Morgan fingerprint density at radius 3 is 2.67 bits per heavy atom. The summed E-state index contributed by atoms with van der Waals surface area (Å²) in [6, 6.07) is 8.23. The highest BCUT2D eigenvalue weighted by Crippen LogP contribution is 2.19. The number of amides is 1. The van der Waals surface area contributed by atoms with Crippen LogP contribution in [0.5, 0.6) is 0 Å². The van der Waals surface area contributed by atoms with Crippen LogP contribution in [0.4, 0.5) is 0 Å². The van der Waals surface area contributed by atoms with Gasteiger partial charge in [-0.2, -0.15) is 0 Å². The number of thiophene rings is 1. The zero-order valence-electron chi connectivity index (χ0n) is 12.6. The fourth-order valence-corrected chi connectivity index (χ4v) is 2.89. The molecule has 0 saturated heterocycles. The highest BCUT2D eigenvalue weighted by atomic mass is 32.1. The molecule has 4 nitrogen and oxygen atoms in total. The lowest BCUT2D eigenvalue weighted by Gasteiger charge is -2.25. The van der Waals surface area contributed by atoms with Crippen LogP contribution in [0.1, 0.15) is 36.4 Å². The van der Waals surface area contributed by atoms with E-state index in [0.29, 0.717) is 6.54 Å². The number of carbonyl (C=O) groups is 1. The molecule has 2 aromatic rings. The Morgan fingerprint density at radius 1 is 1.33 bits per heavy atom. The van der Waals surface area contributed by atoms with Gasteiger partial charge in [-0.1, -0.05) is 6.07 Å². The average Bonchev–Trinajstić information content (AvgIpc) is 3.01. The highest BCUT2D eigenvalue weighted by molar-refractivity contribution is 7.10. The second-order valence-corrected chi connectivity index (χ2v) is 6.16. The molecule has 0 unspecified atom stereocenters. The van der Waals surface area contributed by atoms with Crippen molar-refractivity contribution in [2.24, 2.45) is 0 Å². The molecular weight excluding hydrogens is 282 g/mol. The number of nitrogens with one attached hydrogen (secondary N) is 1. The van der Waals surface area contributed by atoms with Crippen molar-refractivity contribution in [2.75, 3.05) is 13.6 Å². The minimum Gasteiger partial charge on any atom is -0.348 e. The van der Waals surface area contributed by atoms with E-state index in [-0.39, 0.29) is 18.0 Å². The number of aromatic nitrogens is 1. The molecule has 0 saturated carbocycles. The van der Waals surface area contributed by atoms with Crippen LogP contribution in [0.2, 0.25) is 0 Å². The van der Waals surface area contributed by atoms with Crippen LogP contribution in [0.25, 0.3) is 0 Å². The smallest absolute Gasteiger partial charge is 0.234 e. The SMILES string of the molecule is C[C@H](NC(=O)CN(C)[C@H](C)c1ccncc1)c1cccs1. The summed E-state index contributed by atoms with van der Waals surface area (Å²) < 4.78 is 0. The third-order valence-electron chi connectivity index (χ3n) is 3.59. The Bertz CT molecular complexity index is 556. The molecule has 0 radical (unpaired) electrons. The lowest BCUT2D eigenvalue weighted by Crippen LogP contribution is -2.37. The van der Waals surface area contributed by atoms with Crippen molar-refractivity contribution in [3.05, 3.63) is 52.5 Å². The van der Waals surface area contributed by atoms with Crippen molar-refractivity contribution in [3.8, 4) is 0 Å². The van der Waals surface area contributed by atoms with Crippen LogP contribution in [-0.2, 0) is 4.79 Å². The van der Waals surface area contributed by atoms with Crippen LogP contribution >= 0.6 is 11.3 Å². The molecule has 1 N–H and O–H groups in total. The number of likely N-dealkylation sites (N-methyl/N-ethyl adjacent to an activating group) is 1. The Labute approximate surface area is 129 Å². The van der Waals surface area contributed by atoms with Gasteiger partial charge in [-0.15, -0.1) is 11.3 Å². The van der Waals surface area contributed by atoms with Gasteiger partial charge in [0.05, 0.1) is 12.6 Å². The fraction of sp³-hybridized carbons (Fsp3) is 0.375. The monoisotopic (exact) mass is 303 g/mol. The van der Waals surface area contributed by atoms with Gasteiger partial charge in [-0.05, 0) is 50.0 Å². The standard InChI is InChI=1S/C16H21N3OS/c1-12(15-5-4-10-21-15)18-16(20)11-19(3)13(2)14-6-8-17-9-7-14/h4-10,12-13H,11H2,1-3H3,(H,18,20)/t12-,13+/m0/s1. The van der Waals surface area contributed by atoms with Crippen LogP contribution in [-0.4, -0.2) is 29.4 Å². The molecule has 2 atom stereocenters. The van der Waals surface area contributed by atoms with Gasteiger partial charge in [0.25, 0.3) is 0 Å². The van der Waals surface area contributed by atoms with Gasteiger partial charge in [0, 0.05) is 23.3 Å². The van der Waals surface area contributed by atoms with Gasteiger partial charge < -0.3 is 5.32 Å². The number of carbonyl (C=O) groups excluding carboxylic acids is 1. The van der Waals surface area contributed by atoms with Gasteiger partial charge >= 0.3 is 0 Å². The Morgan fingerprint density at radius 2 is 2.05 bits per heavy atom. The molecule has 0 aliphatic heterocycles. The molecule has 0 aliphatic carbocycles. The third kappa shape index (κ3) is 4.37. The van der Waals surface area contributed by atoms with E-state index in [4.69, 9.17) is 0 Å². The van der Waals surface area contributed by atoms with Crippen molar-refractivity contribution in [1.82, 2.24) is 15.2 Å². The number of nitrogens with zero attached hydrogens (tertiary/aromatic N) is 2. The molecule has 2 rings (SSSR count). The van der Waals surface area contributed by atoms with Crippen molar-refractivity contribution < 1.29 is 4.79 Å². The normalized spacial score (nSPS) is 13.9. The summed E-state index contributed by atoms with van der Waals surface area (Å²) in [5, 5.41) is 5.06. The maximum atomic E-state index is 12.1. The van der Waals surface area contributed by atoms with E-state index in [2.05, 4.69) is 17.2 Å². The zero-order chi connectivity index (χ0) is 15.2. The Kier molecular flexibility index (Phi) is 5.47. The van der Waals surface area contributed by atoms with Crippen LogP contribution in [0, 0.1) is 0 Å². The van der Waals surface area contributed by atoms with Crippen LogP contribution < -0.4 is 5.32 Å². The molecule has 0 spiro atoms. The molecule has 0 bridgehead atoms. The van der Waals surface area contributed by atoms with Crippen molar-refractivity contribution in [2.45, 2.75) is 25.9 Å². The van der Waals surface area contributed by atoms with E-state index in [1.165, 1.54) is 4.88 Å². The van der Waals surface area contributed by atoms with Gasteiger partial charge in [0.2, 0.25) is 5.91 Å². The van der Waals surface area contributed by atoms with E-state index in [9.17, 15) is 4.79 Å². The first-order valence-electron chi connectivity index (χ1n) is 7.01. The lowest BCUT2D eigenvalue weighted by molar-refractivity contribution is -0.123. The third-order valence-corrected chi connectivity index (χ3v) is 4.65. The second-order valence-electron chi connectivity index (χ2n) is 5.18. The summed E-state index contributed by atoms with van der Waals surface area (Å²) in [6.45, 7) is 4.47. The minimum absolute atomic E-state index is 0.0410. The van der Waals surface area contributed by atoms with Gasteiger partial charge in [-0.3, -0.25) is 14.7 Å². The number of hydrogen-bond donors (Lipinski definition) is 1. The molecular formula is C16H21N3OS. The molecule has 21 heavy (non-hydrogen) atoms. The minimum atomic E-state index is 0.0410. The summed E-state index contributed by atoms with van der Waals surface area (Å²) in [5.74, 6) is 0.0410. The van der Waals surface area contributed by atoms with Crippen LogP contribution in [0.3, 0.4) is 0 Å². The van der Waals surface area contributed by atoms with E-state index in [1.54, 1.807) is 23.7 Å². The number of pyridine rings is 1. The summed E-state index contributed by atoms with van der Waals surface area (Å²) >= 11 is 1.66. The largest absolute Gasteiger partial charge is 0.348 e. The highest BCUT2D eigenvalue weighted by Gasteiger charge is 2.16. The average molecular weight is 303 g/mol. The van der Waals surface area contributed by atoms with Gasteiger partial charge in [0.1, 0.15) is 0 Å². The summed E-state index contributed by atoms with van der Waals surface area (Å²) in [4.78, 5) is 19.4. The van der Waals surface area contributed by atoms with Crippen molar-refractivity contribution in [1.29, 1.82) is 0 Å². The molecule has 0 aliphatic rings. The van der Waals surface area contributed by atoms with E-state index >= 15 is 0 Å². The summed E-state index contributed by atoms with van der Waals surface area (Å²) in [5.41, 5.74) is 1.16. The lowest BCUT2D eigenvalue weighted by atomic mass is 10.1. The van der Waals surface area contributed by atoms with Gasteiger partial charge in [0.15, 0.2) is 0 Å². The predicted molar refractivity (Wildman–Crippen MR) is 86.2 cm³/mol. The zero-order valence-corrected chi connectivity index (χ0v) is 13.4. The molecule has 0 aromatic carbocycles. The van der Waals surface area contributed by atoms with Gasteiger partial charge in [-0.25, -0.2) is 0 Å². The van der Waals surface area contributed by atoms with E-state index < -0.39 is 0 Å². The summed E-state index contributed by atoms with van der Waals surface area (Å²) in [6.07, 6.45) is 3.55. The fourth-order valence-electron chi connectivity index (χ4n) is 2.16. The maximum Gasteiger partial charge on any atom is 0.234 e. The van der Waals surface area contributed by atoms with Crippen LogP contribution in [0.15, 0.2) is 42.0 Å². The van der Waals surface area contributed by atoms with Crippen molar-refractivity contribution in [3.63, 3.8) is 0 Å². The number of rotatable bonds is 6. The molecule has 1 amide bonds. The summed E-state index contributed by atoms with van der Waals surface area (Å²) in [7, 11) is 1.96. The first-order valence-corrected chi connectivity index (χ1v) is 7.89.